The van der Waals surface area contributed by atoms with Gasteiger partial charge in [0, 0.05) is 11.2 Å². The highest BCUT2D eigenvalue weighted by Gasteiger charge is 2.52. The van der Waals surface area contributed by atoms with E-state index in [1.54, 1.807) is 6.92 Å². The predicted molar refractivity (Wildman–Crippen MR) is 69.1 cm³/mol. The molecule has 0 saturated carbocycles. The van der Waals surface area contributed by atoms with Gasteiger partial charge in [0.1, 0.15) is 0 Å². The van der Waals surface area contributed by atoms with Gasteiger partial charge in [0.15, 0.2) is 11.6 Å². The Hall–Kier alpha value is -1.14. The summed E-state index contributed by atoms with van der Waals surface area (Å²) in [5, 5.41) is 0. The van der Waals surface area contributed by atoms with Crippen molar-refractivity contribution in [2.75, 3.05) is 5.73 Å². The molecule has 0 unspecified atom stereocenters. The molecule has 1 aromatic heterocycles. The summed E-state index contributed by atoms with van der Waals surface area (Å²) in [7, 11) is -0.613. The lowest BCUT2D eigenvalue weighted by molar-refractivity contribution is 0.00578. The summed E-state index contributed by atoms with van der Waals surface area (Å²) < 4.78 is 25.2. The average molecular weight is 252 g/mol. The van der Waals surface area contributed by atoms with E-state index in [1.807, 2.05) is 27.7 Å². The zero-order chi connectivity index (χ0) is 13.7. The Morgan fingerprint density at radius 1 is 1.22 bits per heavy atom. The standard InChI is InChI=1S/C12H18BFN2O2/c1-7-8(6-9(14)10(15)16-7)13-17-11(2,3)12(4,5)18-13/h6H,1-5H3,(H2,15,16). The summed E-state index contributed by atoms with van der Waals surface area (Å²) in [5.41, 5.74) is 5.72. The minimum atomic E-state index is -0.613. The second-order valence-electron chi connectivity index (χ2n) is 5.62. The molecule has 0 aliphatic carbocycles. The number of pyridine rings is 1. The number of rotatable bonds is 1. The maximum atomic E-state index is 13.5. The number of hydrogen-bond acceptors (Lipinski definition) is 4. The molecule has 98 valence electrons. The van der Waals surface area contributed by atoms with E-state index in [-0.39, 0.29) is 5.82 Å². The first-order valence-electron chi connectivity index (χ1n) is 5.92. The summed E-state index contributed by atoms with van der Waals surface area (Å²) in [5.74, 6) is -0.655. The minimum Gasteiger partial charge on any atom is -0.399 e. The SMILES string of the molecule is Cc1nc(N)c(F)cc1B1OC(C)(C)C(C)(C)O1. The molecule has 0 atom stereocenters. The van der Waals surface area contributed by atoms with Gasteiger partial charge in [0.25, 0.3) is 0 Å². The Balaban J connectivity index is 2.38. The van der Waals surface area contributed by atoms with Crippen molar-refractivity contribution in [3.63, 3.8) is 0 Å². The quantitative estimate of drug-likeness (QED) is 0.768. The maximum Gasteiger partial charge on any atom is 0.496 e. The molecule has 1 aliphatic heterocycles. The molecule has 1 saturated heterocycles. The monoisotopic (exact) mass is 252 g/mol. The topological polar surface area (TPSA) is 57.4 Å². The fourth-order valence-corrected chi connectivity index (χ4v) is 1.82. The Labute approximate surface area is 107 Å². The van der Waals surface area contributed by atoms with Crippen molar-refractivity contribution in [3.8, 4) is 0 Å². The van der Waals surface area contributed by atoms with Gasteiger partial charge in [-0.15, -0.1) is 0 Å². The Bertz CT molecular complexity index is 475. The second kappa shape index (κ2) is 3.93. The van der Waals surface area contributed by atoms with Crippen LogP contribution in [0.1, 0.15) is 33.4 Å². The van der Waals surface area contributed by atoms with E-state index in [0.29, 0.717) is 11.2 Å². The van der Waals surface area contributed by atoms with E-state index in [9.17, 15) is 4.39 Å². The highest BCUT2D eigenvalue weighted by molar-refractivity contribution is 6.62. The Morgan fingerprint density at radius 3 is 2.22 bits per heavy atom. The molecule has 2 rings (SSSR count). The number of aryl methyl sites for hydroxylation is 1. The average Bonchev–Trinajstić information content (AvgIpc) is 2.42. The molecule has 18 heavy (non-hydrogen) atoms. The normalized spacial score (nSPS) is 21.3. The molecule has 0 radical (unpaired) electrons. The van der Waals surface area contributed by atoms with E-state index in [4.69, 9.17) is 15.0 Å². The molecule has 1 aromatic rings. The van der Waals surface area contributed by atoms with Crippen molar-refractivity contribution in [2.45, 2.75) is 45.8 Å². The first-order chi connectivity index (χ1) is 8.14. The summed E-state index contributed by atoms with van der Waals surface area (Å²) >= 11 is 0. The molecule has 0 bridgehead atoms. The maximum absolute atomic E-state index is 13.5. The van der Waals surface area contributed by atoms with Crippen LogP contribution in [-0.4, -0.2) is 23.3 Å². The Morgan fingerprint density at radius 2 is 1.72 bits per heavy atom. The summed E-state index contributed by atoms with van der Waals surface area (Å²) in [6.45, 7) is 9.55. The number of hydrogen-bond donors (Lipinski definition) is 1. The van der Waals surface area contributed by atoms with Gasteiger partial charge in [-0.25, -0.2) is 9.37 Å². The summed E-state index contributed by atoms with van der Waals surface area (Å²) in [4.78, 5) is 3.96. The highest BCUT2D eigenvalue weighted by Crippen LogP contribution is 2.36. The highest BCUT2D eigenvalue weighted by atomic mass is 19.1. The molecule has 2 N–H and O–H groups in total. The van der Waals surface area contributed by atoms with Crippen LogP contribution >= 0.6 is 0 Å². The van der Waals surface area contributed by atoms with Crippen molar-refractivity contribution in [1.82, 2.24) is 4.98 Å². The molecule has 2 heterocycles. The van der Waals surface area contributed by atoms with Crippen LogP contribution in [0.5, 0.6) is 0 Å². The summed E-state index contributed by atoms with van der Waals surface area (Å²) in [6, 6.07) is 1.33. The third kappa shape index (κ3) is 1.99. The fourth-order valence-electron chi connectivity index (χ4n) is 1.82. The van der Waals surface area contributed by atoms with Gasteiger partial charge < -0.3 is 15.0 Å². The number of nitrogen functional groups attached to an aromatic ring is 1. The first-order valence-corrected chi connectivity index (χ1v) is 5.92. The molecule has 0 spiro atoms. The van der Waals surface area contributed by atoms with Crippen LogP contribution < -0.4 is 11.2 Å². The van der Waals surface area contributed by atoms with Gasteiger partial charge in [-0.1, -0.05) is 0 Å². The van der Waals surface area contributed by atoms with E-state index >= 15 is 0 Å². The van der Waals surface area contributed by atoms with E-state index < -0.39 is 24.1 Å². The third-order valence-electron chi connectivity index (χ3n) is 3.74. The molecule has 0 aromatic carbocycles. The van der Waals surface area contributed by atoms with Gasteiger partial charge >= 0.3 is 7.12 Å². The van der Waals surface area contributed by atoms with Gasteiger partial charge in [-0.2, -0.15) is 0 Å². The Kier molecular flexibility index (Phi) is 2.90. The predicted octanol–water partition coefficient (Wildman–Crippen LogP) is 1.41. The fraction of sp³-hybridized carbons (Fsp3) is 0.583. The lowest BCUT2D eigenvalue weighted by Gasteiger charge is -2.32. The molecule has 4 nitrogen and oxygen atoms in total. The van der Waals surface area contributed by atoms with Crippen LogP contribution in [-0.2, 0) is 9.31 Å². The molecule has 0 amide bonds. The zero-order valence-electron chi connectivity index (χ0n) is 11.4. The zero-order valence-corrected chi connectivity index (χ0v) is 11.4. The van der Waals surface area contributed by atoms with Crippen LogP contribution in [0, 0.1) is 12.7 Å². The van der Waals surface area contributed by atoms with Crippen LogP contribution in [0.3, 0.4) is 0 Å². The molecular formula is C12H18BFN2O2. The molecular weight excluding hydrogens is 234 g/mol. The third-order valence-corrected chi connectivity index (χ3v) is 3.74. The number of aromatic nitrogens is 1. The van der Waals surface area contributed by atoms with E-state index in [1.165, 1.54) is 6.07 Å². The van der Waals surface area contributed by atoms with Crippen LogP contribution in [0.2, 0.25) is 0 Å². The van der Waals surface area contributed by atoms with Crippen LogP contribution in [0.25, 0.3) is 0 Å². The number of halogens is 1. The minimum absolute atomic E-state index is 0.104. The van der Waals surface area contributed by atoms with E-state index in [2.05, 4.69) is 4.98 Å². The smallest absolute Gasteiger partial charge is 0.399 e. The van der Waals surface area contributed by atoms with Crippen molar-refractivity contribution >= 4 is 18.4 Å². The van der Waals surface area contributed by atoms with Gasteiger partial charge in [-0.05, 0) is 40.7 Å². The largest absolute Gasteiger partial charge is 0.496 e. The molecule has 1 fully saturated rings. The first kappa shape index (κ1) is 13.3. The van der Waals surface area contributed by atoms with Crippen molar-refractivity contribution in [1.29, 1.82) is 0 Å². The lowest BCUT2D eigenvalue weighted by atomic mass is 9.78. The number of anilines is 1. The van der Waals surface area contributed by atoms with Crippen molar-refractivity contribution in [3.05, 3.63) is 17.6 Å². The number of nitrogens with zero attached hydrogens (tertiary/aromatic N) is 1. The van der Waals surface area contributed by atoms with Gasteiger partial charge in [0.05, 0.1) is 11.2 Å². The van der Waals surface area contributed by atoms with Crippen molar-refractivity contribution in [2.24, 2.45) is 0 Å². The van der Waals surface area contributed by atoms with Gasteiger partial charge in [-0.3, -0.25) is 0 Å². The molecule has 1 aliphatic rings. The molecule has 6 heteroatoms. The van der Waals surface area contributed by atoms with E-state index in [0.717, 1.165) is 0 Å². The van der Waals surface area contributed by atoms with Crippen LogP contribution in [0.15, 0.2) is 6.07 Å². The van der Waals surface area contributed by atoms with Gasteiger partial charge in [0.2, 0.25) is 0 Å². The van der Waals surface area contributed by atoms with Crippen molar-refractivity contribution < 1.29 is 13.7 Å². The second-order valence-corrected chi connectivity index (χ2v) is 5.62. The summed E-state index contributed by atoms with van der Waals surface area (Å²) in [6.07, 6.45) is 0. The number of nitrogens with two attached hydrogens (primary N) is 1. The van der Waals surface area contributed by atoms with Crippen LogP contribution in [0.4, 0.5) is 10.2 Å². The lowest BCUT2D eigenvalue weighted by Crippen LogP contribution is -2.41.